The zero-order valence-corrected chi connectivity index (χ0v) is 20.8. The summed E-state index contributed by atoms with van der Waals surface area (Å²) in [6.45, 7) is 5.40. The largest absolute Gasteiger partial charge is 0.355 e. The summed E-state index contributed by atoms with van der Waals surface area (Å²) in [4.78, 5) is 6.38. The first-order valence-corrected chi connectivity index (χ1v) is 11.1. The van der Waals surface area contributed by atoms with Crippen LogP contribution in [0.5, 0.6) is 0 Å². The Morgan fingerprint density at radius 1 is 1.21 bits per heavy atom. The van der Waals surface area contributed by atoms with Gasteiger partial charge in [0.05, 0.1) is 5.75 Å². The first kappa shape index (κ1) is 27.1. The van der Waals surface area contributed by atoms with Gasteiger partial charge in [-0.2, -0.15) is 0 Å². The molecule has 6 nitrogen and oxygen atoms in total. The molecule has 9 heteroatoms. The van der Waals surface area contributed by atoms with Crippen LogP contribution in [0, 0.1) is 11.7 Å². The van der Waals surface area contributed by atoms with Crippen molar-refractivity contribution in [2.24, 2.45) is 10.9 Å². The Labute approximate surface area is 186 Å². The van der Waals surface area contributed by atoms with Crippen LogP contribution >= 0.6 is 24.0 Å². The highest BCUT2D eigenvalue weighted by molar-refractivity contribution is 14.0. The summed E-state index contributed by atoms with van der Waals surface area (Å²) in [6, 6.07) is 4.53. The number of halogens is 2. The topological polar surface area (TPSA) is 73.8 Å². The van der Waals surface area contributed by atoms with Crippen LogP contribution in [0.4, 0.5) is 4.39 Å². The van der Waals surface area contributed by atoms with Crippen LogP contribution in [0.25, 0.3) is 0 Å². The van der Waals surface area contributed by atoms with E-state index in [4.69, 9.17) is 0 Å². The second-order valence-corrected chi connectivity index (χ2v) is 9.68. The van der Waals surface area contributed by atoms with Gasteiger partial charge in [0.1, 0.15) is 5.82 Å². The summed E-state index contributed by atoms with van der Waals surface area (Å²) in [6.07, 6.45) is 2.23. The monoisotopic (exact) mass is 528 g/mol. The van der Waals surface area contributed by atoms with Gasteiger partial charge in [0.2, 0.25) is 0 Å². The highest BCUT2D eigenvalue weighted by atomic mass is 127. The molecule has 0 bridgehead atoms. The number of nitrogens with zero attached hydrogens (tertiary/aromatic N) is 2. The third-order valence-electron chi connectivity index (χ3n) is 4.23. The maximum atomic E-state index is 13.6. The number of benzene rings is 1. The van der Waals surface area contributed by atoms with E-state index in [9.17, 15) is 12.8 Å². The van der Waals surface area contributed by atoms with E-state index >= 15 is 0 Å². The summed E-state index contributed by atoms with van der Waals surface area (Å²) < 4.78 is 36.8. The molecular formula is C19H34FIN4O2S. The molecule has 1 atom stereocenters. The molecule has 0 spiro atoms. The Hall–Kier alpha value is -0.940. The van der Waals surface area contributed by atoms with Crippen LogP contribution in [0.3, 0.4) is 0 Å². The molecule has 0 amide bonds. The normalized spacial score (nSPS) is 13.4. The van der Waals surface area contributed by atoms with Crippen molar-refractivity contribution in [2.75, 3.05) is 33.9 Å². The first-order valence-electron chi connectivity index (χ1n) is 9.07. The average molecular weight is 528 g/mol. The maximum Gasteiger partial charge on any atom is 0.191 e. The lowest BCUT2D eigenvalue weighted by atomic mass is 10.0. The van der Waals surface area contributed by atoms with Crippen LogP contribution in [-0.4, -0.2) is 59.3 Å². The van der Waals surface area contributed by atoms with E-state index in [1.165, 1.54) is 24.5 Å². The SMILES string of the molecule is CN=C(NCc1cc(F)ccc1CS(C)(=O)=O)NCC(CC(C)C)N(C)C.I. The van der Waals surface area contributed by atoms with Gasteiger partial charge in [-0.1, -0.05) is 19.9 Å². The second-order valence-electron chi connectivity index (χ2n) is 7.54. The number of hydrogen-bond acceptors (Lipinski definition) is 4. The zero-order valence-electron chi connectivity index (χ0n) is 17.6. The molecule has 0 saturated carbocycles. The minimum absolute atomic E-state index is 0. The Bertz CT molecular complexity index is 739. The molecule has 0 aromatic heterocycles. The van der Waals surface area contributed by atoms with Crippen molar-refractivity contribution >= 4 is 39.8 Å². The molecule has 28 heavy (non-hydrogen) atoms. The fraction of sp³-hybridized carbons (Fsp3) is 0.632. The molecule has 1 aromatic rings. The van der Waals surface area contributed by atoms with E-state index in [1.807, 2.05) is 0 Å². The number of rotatable bonds is 9. The number of hydrogen-bond donors (Lipinski definition) is 2. The third kappa shape index (κ3) is 10.6. The van der Waals surface area contributed by atoms with Crippen LogP contribution in [0.2, 0.25) is 0 Å². The van der Waals surface area contributed by atoms with Crippen molar-refractivity contribution in [3.8, 4) is 0 Å². The van der Waals surface area contributed by atoms with Gasteiger partial charge >= 0.3 is 0 Å². The van der Waals surface area contributed by atoms with Crippen molar-refractivity contribution in [3.63, 3.8) is 0 Å². The van der Waals surface area contributed by atoms with Crippen molar-refractivity contribution in [1.29, 1.82) is 0 Å². The van der Waals surface area contributed by atoms with Gasteiger partial charge in [-0.15, -0.1) is 24.0 Å². The molecule has 1 aromatic carbocycles. The summed E-state index contributed by atoms with van der Waals surface area (Å²) >= 11 is 0. The number of likely N-dealkylation sites (N-methyl/N-ethyl adjacent to an activating group) is 1. The molecule has 0 fully saturated rings. The molecule has 0 heterocycles. The van der Waals surface area contributed by atoms with Crippen LogP contribution in [0.1, 0.15) is 31.4 Å². The standard InChI is InChI=1S/C19H33FN4O2S.HI/c1-14(2)9-18(24(4)5)12-23-19(21-3)22-11-16-10-17(20)8-7-15(16)13-27(6,25)26;/h7-8,10,14,18H,9,11-13H2,1-6H3,(H2,21,22,23);1H. The highest BCUT2D eigenvalue weighted by Gasteiger charge is 2.15. The predicted molar refractivity (Wildman–Crippen MR) is 125 cm³/mol. The van der Waals surface area contributed by atoms with Crippen LogP contribution in [-0.2, 0) is 22.1 Å². The molecular weight excluding hydrogens is 494 g/mol. The van der Waals surface area contributed by atoms with Crippen LogP contribution in [0.15, 0.2) is 23.2 Å². The van der Waals surface area contributed by atoms with Crippen molar-refractivity contribution in [3.05, 3.63) is 35.1 Å². The fourth-order valence-corrected chi connectivity index (χ4v) is 3.66. The Morgan fingerprint density at radius 2 is 1.86 bits per heavy atom. The van der Waals surface area contributed by atoms with E-state index < -0.39 is 15.7 Å². The fourth-order valence-electron chi connectivity index (χ4n) is 2.82. The molecule has 0 saturated heterocycles. The minimum atomic E-state index is -3.20. The zero-order chi connectivity index (χ0) is 20.6. The Morgan fingerprint density at radius 3 is 2.36 bits per heavy atom. The third-order valence-corrected chi connectivity index (χ3v) is 5.07. The summed E-state index contributed by atoms with van der Waals surface area (Å²) in [5, 5.41) is 6.44. The number of nitrogens with one attached hydrogen (secondary N) is 2. The van der Waals surface area contributed by atoms with Gasteiger partial charge in [0.15, 0.2) is 15.8 Å². The highest BCUT2D eigenvalue weighted by Crippen LogP contribution is 2.14. The molecule has 0 aliphatic heterocycles. The van der Waals surface area contributed by atoms with Crippen molar-refractivity contribution < 1.29 is 12.8 Å². The summed E-state index contributed by atoms with van der Waals surface area (Å²) in [7, 11) is 2.57. The van der Waals surface area contributed by atoms with Gasteiger partial charge in [-0.3, -0.25) is 4.99 Å². The van der Waals surface area contributed by atoms with E-state index in [0.29, 0.717) is 35.6 Å². The lowest BCUT2D eigenvalue weighted by Crippen LogP contribution is -2.45. The van der Waals surface area contributed by atoms with Crippen molar-refractivity contribution in [1.82, 2.24) is 15.5 Å². The van der Waals surface area contributed by atoms with E-state index in [-0.39, 0.29) is 29.7 Å². The quantitative estimate of drug-likeness (QED) is 0.293. The first-order chi connectivity index (χ1) is 12.5. The van der Waals surface area contributed by atoms with Gasteiger partial charge in [-0.05, 0) is 49.7 Å². The van der Waals surface area contributed by atoms with Crippen molar-refractivity contribution in [2.45, 2.75) is 38.6 Å². The van der Waals surface area contributed by atoms with Gasteiger partial charge in [-0.25, -0.2) is 12.8 Å². The average Bonchev–Trinajstić information content (AvgIpc) is 2.54. The van der Waals surface area contributed by atoms with E-state index in [2.05, 4.69) is 48.5 Å². The second kappa shape index (κ2) is 12.6. The molecule has 2 N–H and O–H groups in total. The lowest BCUT2D eigenvalue weighted by molar-refractivity contribution is 0.254. The van der Waals surface area contributed by atoms with Gasteiger partial charge in [0, 0.05) is 32.4 Å². The molecule has 0 aliphatic rings. The number of sulfone groups is 1. The van der Waals surface area contributed by atoms with E-state index in [0.717, 1.165) is 13.0 Å². The van der Waals surface area contributed by atoms with Gasteiger partial charge in [0.25, 0.3) is 0 Å². The molecule has 0 radical (unpaired) electrons. The Kier molecular flexibility index (Phi) is 12.2. The van der Waals surface area contributed by atoms with Crippen LogP contribution < -0.4 is 10.6 Å². The minimum Gasteiger partial charge on any atom is -0.355 e. The number of guanidine groups is 1. The molecule has 162 valence electrons. The molecule has 1 unspecified atom stereocenters. The predicted octanol–water partition coefficient (Wildman–Crippen LogP) is 2.63. The number of aliphatic imine (C=N–C) groups is 1. The molecule has 1 rings (SSSR count). The summed E-state index contributed by atoms with van der Waals surface area (Å²) in [5.41, 5.74) is 1.20. The molecule has 0 aliphatic carbocycles. The maximum absolute atomic E-state index is 13.6. The van der Waals surface area contributed by atoms with E-state index in [1.54, 1.807) is 7.05 Å². The lowest BCUT2D eigenvalue weighted by Gasteiger charge is -2.27. The smallest absolute Gasteiger partial charge is 0.191 e. The Balaban J connectivity index is 0.00000729. The van der Waals surface area contributed by atoms with Gasteiger partial charge < -0.3 is 15.5 Å². The summed E-state index contributed by atoms with van der Waals surface area (Å²) in [5.74, 6) is 0.671.